The normalized spacial score (nSPS) is 13.5. The van der Waals surface area contributed by atoms with Crippen molar-refractivity contribution in [3.63, 3.8) is 0 Å². The molecular weight excluding hydrogens is 372 g/mol. The zero-order chi connectivity index (χ0) is 20.5. The van der Waals surface area contributed by atoms with Crippen LogP contribution in [0.5, 0.6) is 5.75 Å². The Hall–Kier alpha value is -3.53. The first-order valence-corrected chi connectivity index (χ1v) is 10.3. The largest absolute Gasteiger partial charge is 0.497 e. The van der Waals surface area contributed by atoms with Gasteiger partial charge in [0.2, 0.25) is 5.91 Å². The third-order valence-corrected chi connectivity index (χ3v) is 6.01. The van der Waals surface area contributed by atoms with E-state index in [0.29, 0.717) is 13.1 Å². The van der Waals surface area contributed by atoms with Crippen LogP contribution in [0.3, 0.4) is 0 Å². The van der Waals surface area contributed by atoms with E-state index < -0.39 is 0 Å². The fourth-order valence-electron chi connectivity index (χ4n) is 4.46. The van der Waals surface area contributed by atoms with Crippen LogP contribution in [0.4, 0.5) is 0 Å². The molecule has 5 rings (SSSR count). The molecule has 150 valence electrons. The van der Waals surface area contributed by atoms with Gasteiger partial charge in [-0.1, -0.05) is 60.7 Å². The van der Waals surface area contributed by atoms with Crippen molar-refractivity contribution >= 4 is 16.8 Å². The second kappa shape index (κ2) is 7.71. The lowest BCUT2D eigenvalue weighted by Gasteiger charge is -2.31. The summed E-state index contributed by atoms with van der Waals surface area (Å²) in [5.74, 6) is 0.684. The Bertz CT molecular complexity index is 1140. The fourth-order valence-corrected chi connectivity index (χ4v) is 4.46. The summed E-state index contributed by atoms with van der Waals surface area (Å²) in [5.41, 5.74) is 5.57. The van der Waals surface area contributed by atoms with Gasteiger partial charge >= 0.3 is 0 Å². The number of rotatable bonds is 4. The van der Waals surface area contributed by atoms with Crippen LogP contribution >= 0.6 is 0 Å². The lowest BCUT2D eigenvalue weighted by Crippen LogP contribution is -2.39. The smallest absolute Gasteiger partial charge is 0.234 e. The highest BCUT2D eigenvalue weighted by molar-refractivity contribution is 5.90. The summed E-state index contributed by atoms with van der Waals surface area (Å²) in [4.78, 5) is 19.3. The van der Waals surface area contributed by atoms with Gasteiger partial charge in [-0.2, -0.15) is 0 Å². The number of amides is 1. The van der Waals surface area contributed by atoms with Crippen LogP contribution in [0.2, 0.25) is 0 Å². The number of benzene rings is 3. The summed E-state index contributed by atoms with van der Waals surface area (Å²) < 4.78 is 5.42. The minimum absolute atomic E-state index is 0.148. The molecule has 4 heteroatoms. The number of ether oxygens (including phenoxy) is 1. The van der Waals surface area contributed by atoms with Crippen molar-refractivity contribution in [2.24, 2.45) is 0 Å². The SMILES string of the molecule is COc1ccc2[nH]c3c(c2c1)CN(C(=O)C(c1ccccc1)c1ccccc1)CC3. The summed E-state index contributed by atoms with van der Waals surface area (Å²) in [6.07, 6.45) is 0.828. The molecule has 4 aromatic rings. The molecule has 1 aromatic heterocycles. The van der Waals surface area contributed by atoms with E-state index in [1.165, 1.54) is 11.3 Å². The van der Waals surface area contributed by atoms with Crippen LogP contribution in [0.25, 0.3) is 10.9 Å². The van der Waals surface area contributed by atoms with Gasteiger partial charge < -0.3 is 14.6 Å². The van der Waals surface area contributed by atoms with Gasteiger partial charge in [0.25, 0.3) is 0 Å². The minimum atomic E-state index is -0.298. The van der Waals surface area contributed by atoms with E-state index in [9.17, 15) is 4.79 Å². The number of carbonyl (C=O) groups excluding carboxylic acids is 1. The van der Waals surface area contributed by atoms with E-state index in [4.69, 9.17) is 4.74 Å². The average Bonchev–Trinajstić information content (AvgIpc) is 3.17. The van der Waals surface area contributed by atoms with Gasteiger partial charge in [0, 0.05) is 41.7 Å². The van der Waals surface area contributed by atoms with Crippen LogP contribution in [0.1, 0.15) is 28.3 Å². The number of methoxy groups -OCH3 is 1. The minimum Gasteiger partial charge on any atom is -0.497 e. The summed E-state index contributed by atoms with van der Waals surface area (Å²) in [6, 6.07) is 26.2. The molecule has 1 amide bonds. The van der Waals surface area contributed by atoms with Crippen molar-refractivity contribution in [1.29, 1.82) is 0 Å². The first-order valence-electron chi connectivity index (χ1n) is 10.3. The highest BCUT2D eigenvalue weighted by Crippen LogP contribution is 2.33. The molecule has 0 fully saturated rings. The molecule has 0 saturated carbocycles. The Morgan fingerprint density at radius 3 is 2.27 bits per heavy atom. The number of carbonyl (C=O) groups is 1. The monoisotopic (exact) mass is 396 g/mol. The molecule has 1 aliphatic heterocycles. The van der Waals surface area contributed by atoms with Crippen molar-refractivity contribution in [3.8, 4) is 5.75 Å². The topological polar surface area (TPSA) is 45.3 Å². The summed E-state index contributed by atoms with van der Waals surface area (Å²) in [5, 5.41) is 1.14. The zero-order valence-electron chi connectivity index (χ0n) is 17.0. The average molecular weight is 396 g/mol. The molecular formula is C26H24N2O2. The summed E-state index contributed by atoms with van der Waals surface area (Å²) in [6.45, 7) is 1.32. The Labute approximate surface area is 176 Å². The number of fused-ring (bicyclic) bond motifs is 3. The molecule has 0 aliphatic carbocycles. The maximum Gasteiger partial charge on any atom is 0.234 e. The lowest BCUT2D eigenvalue weighted by atomic mass is 9.89. The number of hydrogen-bond acceptors (Lipinski definition) is 2. The van der Waals surface area contributed by atoms with Gasteiger partial charge in [0.1, 0.15) is 5.75 Å². The van der Waals surface area contributed by atoms with Crippen molar-refractivity contribution in [3.05, 3.63) is 101 Å². The van der Waals surface area contributed by atoms with Crippen molar-refractivity contribution in [2.75, 3.05) is 13.7 Å². The van der Waals surface area contributed by atoms with Gasteiger partial charge in [-0.25, -0.2) is 0 Å². The van der Waals surface area contributed by atoms with E-state index in [0.717, 1.165) is 34.2 Å². The first kappa shape index (κ1) is 18.5. The molecule has 0 saturated heterocycles. The molecule has 30 heavy (non-hydrogen) atoms. The maximum absolute atomic E-state index is 13.8. The van der Waals surface area contributed by atoms with E-state index in [1.807, 2.05) is 71.6 Å². The van der Waals surface area contributed by atoms with Crippen molar-refractivity contribution in [1.82, 2.24) is 9.88 Å². The van der Waals surface area contributed by atoms with E-state index in [1.54, 1.807) is 7.11 Å². The third kappa shape index (κ3) is 3.24. The second-order valence-corrected chi connectivity index (χ2v) is 7.76. The molecule has 0 radical (unpaired) electrons. The zero-order valence-corrected chi connectivity index (χ0v) is 17.0. The first-order chi connectivity index (χ1) is 14.7. The molecule has 0 atom stereocenters. The number of hydrogen-bond donors (Lipinski definition) is 1. The molecule has 4 nitrogen and oxygen atoms in total. The van der Waals surface area contributed by atoms with Gasteiger partial charge in [-0.15, -0.1) is 0 Å². The molecule has 1 N–H and O–H groups in total. The van der Waals surface area contributed by atoms with E-state index in [2.05, 4.69) is 17.1 Å². The molecule has 0 spiro atoms. The van der Waals surface area contributed by atoms with Gasteiger partial charge in [-0.3, -0.25) is 4.79 Å². The predicted octanol–water partition coefficient (Wildman–Crippen LogP) is 4.89. The lowest BCUT2D eigenvalue weighted by molar-refractivity contribution is -0.132. The molecule has 1 aliphatic rings. The van der Waals surface area contributed by atoms with Crippen molar-refractivity contribution in [2.45, 2.75) is 18.9 Å². The quantitative estimate of drug-likeness (QED) is 0.534. The highest BCUT2D eigenvalue weighted by Gasteiger charge is 2.31. The second-order valence-electron chi connectivity index (χ2n) is 7.76. The summed E-state index contributed by atoms with van der Waals surface area (Å²) in [7, 11) is 1.68. The fraction of sp³-hybridized carbons (Fsp3) is 0.192. The van der Waals surface area contributed by atoms with E-state index >= 15 is 0 Å². The van der Waals surface area contributed by atoms with Crippen LogP contribution < -0.4 is 4.74 Å². The van der Waals surface area contributed by atoms with Crippen LogP contribution in [0.15, 0.2) is 78.9 Å². The maximum atomic E-state index is 13.8. The Kier molecular flexibility index (Phi) is 4.75. The highest BCUT2D eigenvalue weighted by atomic mass is 16.5. The van der Waals surface area contributed by atoms with Gasteiger partial charge in [0.15, 0.2) is 0 Å². The predicted molar refractivity (Wildman–Crippen MR) is 119 cm³/mol. The molecule has 0 unspecified atom stereocenters. The molecule has 3 aromatic carbocycles. The molecule has 2 heterocycles. The Balaban J connectivity index is 1.51. The van der Waals surface area contributed by atoms with Gasteiger partial charge in [-0.05, 0) is 29.3 Å². The van der Waals surface area contributed by atoms with Crippen LogP contribution in [0, 0.1) is 0 Å². The summed E-state index contributed by atoms with van der Waals surface area (Å²) >= 11 is 0. The van der Waals surface area contributed by atoms with Gasteiger partial charge in [0.05, 0.1) is 13.0 Å². The Morgan fingerprint density at radius 2 is 1.63 bits per heavy atom. The molecule has 0 bridgehead atoms. The number of H-pyrrole nitrogens is 1. The van der Waals surface area contributed by atoms with E-state index in [-0.39, 0.29) is 11.8 Å². The number of nitrogens with zero attached hydrogens (tertiary/aromatic N) is 1. The standard InChI is InChI=1S/C26H24N2O2/c1-30-20-12-13-23-21(16-20)22-17-28(15-14-24(22)27-23)26(29)25(18-8-4-2-5-9-18)19-10-6-3-7-11-19/h2-13,16,25,27H,14-15,17H2,1H3. The Morgan fingerprint density at radius 1 is 0.967 bits per heavy atom. The third-order valence-electron chi connectivity index (χ3n) is 6.01. The van der Waals surface area contributed by atoms with Crippen LogP contribution in [-0.2, 0) is 17.8 Å². The number of aromatic nitrogens is 1. The number of nitrogens with one attached hydrogen (secondary N) is 1. The van der Waals surface area contributed by atoms with Crippen molar-refractivity contribution < 1.29 is 9.53 Å². The number of aromatic amines is 1. The van der Waals surface area contributed by atoms with Crippen LogP contribution in [-0.4, -0.2) is 29.4 Å².